The number of nitrogens with zero attached hydrogens (tertiary/aromatic N) is 2. The normalized spacial score (nSPS) is 7.67. The first-order valence-corrected chi connectivity index (χ1v) is 1.29. The van der Waals surface area contributed by atoms with Crippen LogP contribution in [0.25, 0.3) is 0 Å². The first-order valence-electron chi connectivity index (χ1n) is 0.948. The number of rotatable bonds is 1. The van der Waals surface area contributed by atoms with E-state index in [1.807, 2.05) is 0 Å². The SMILES string of the molecule is N#CON(F)Cl. The fraction of sp³-hybridized carbons (Fsp3) is 0. The van der Waals surface area contributed by atoms with Gasteiger partial charge in [0.05, 0.1) is 11.8 Å². The Morgan fingerprint density at radius 2 is 2.50 bits per heavy atom. The molecule has 6 heavy (non-hydrogen) atoms. The maximum absolute atomic E-state index is 10.9. The molecule has 0 aliphatic rings. The van der Waals surface area contributed by atoms with Gasteiger partial charge >= 0.3 is 6.26 Å². The minimum absolute atomic E-state index is 0.708. The van der Waals surface area contributed by atoms with Gasteiger partial charge in [-0.15, -0.1) is 5.26 Å². The topological polar surface area (TPSA) is 36.3 Å². The lowest BCUT2D eigenvalue weighted by Crippen LogP contribution is -1.91. The van der Waals surface area contributed by atoms with E-state index in [0.29, 0.717) is 0 Å². The van der Waals surface area contributed by atoms with Crippen LogP contribution in [0.3, 0.4) is 0 Å². The van der Waals surface area contributed by atoms with E-state index >= 15 is 0 Å². The van der Waals surface area contributed by atoms with Crippen LogP contribution >= 0.6 is 11.8 Å². The van der Waals surface area contributed by atoms with Crippen molar-refractivity contribution in [3.63, 3.8) is 0 Å². The fourth-order valence-corrected chi connectivity index (χ4v) is 0.0617. The zero-order chi connectivity index (χ0) is 4.99. The Bertz CT molecular complexity index is 68.4. The zero-order valence-corrected chi connectivity index (χ0v) is 3.31. The molecular weight excluding hydrogens is 110 g/mol. The molecule has 0 aliphatic heterocycles. The average Bonchev–Trinajstić information content (AvgIpc) is 1.35. The van der Waals surface area contributed by atoms with Crippen LogP contribution in [0.1, 0.15) is 0 Å². The summed E-state index contributed by atoms with van der Waals surface area (Å²) in [6.45, 7) is 0. The molecule has 0 saturated carbocycles. The Morgan fingerprint density at radius 3 is 2.50 bits per heavy atom. The molecule has 0 atom stereocenters. The van der Waals surface area contributed by atoms with E-state index in [2.05, 4.69) is 16.6 Å². The molecule has 0 saturated heterocycles. The zero-order valence-electron chi connectivity index (χ0n) is 2.56. The molecule has 0 amide bonds. The molecule has 0 N–H and O–H groups in total. The molecular formula is CClFN2O. The first-order chi connectivity index (χ1) is 2.77. The maximum Gasteiger partial charge on any atom is 0.311 e. The lowest BCUT2D eigenvalue weighted by molar-refractivity contribution is -0.148. The standard InChI is InChI=1S/CClFN2O/c2-5(3)6-1-4. The maximum atomic E-state index is 10.9. The van der Waals surface area contributed by atoms with E-state index in [9.17, 15) is 4.48 Å². The number of halogens is 2. The highest BCUT2D eigenvalue weighted by molar-refractivity contribution is 6.11. The van der Waals surface area contributed by atoms with Gasteiger partial charge in [-0.05, 0) is 0 Å². The average molecular weight is 110 g/mol. The van der Waals surface area contributed by atoms with E-state index in [4.69, 9.17) is 5.26 Å². The summed E-state index contributed by atoms with van der Waals surface area (Å²) in [4.78, 5) is 2.57. The van der Waals surface area contributed by atoms with E-state index in [1.165, 1.54) is 0 Å². The molecule has 0 bridgehead atoms. The molecule has 0 aromatic carbocycles. The summed E-state index contributed by atoms with van der Waals surface area (Å²) < 4.78 is 10.9. The van der Waals surface area contributed by atoms with Gasteiger partial charge in [0.2, 0.25) is 0 Å². The van der Waals surface area contributed by atoms with Crippen LogP contribution in [0.4, 0.5) is 4.48 Å². The summed E-state index contributed by atoms with van der Waals surface area (Å²) >= 11 is 4.30. The highest BCUT2D eigenvalue weighted by atomic mass is 35.5. The van der Waals surface area contributed by atoms with Crippen molar-refractivity contribution in [1.29, 1.82) is 5.26 Å². The molecule has 0 fully saturated rings. The summed E-state index contributed by atoms with van der Waals surface area (Å²) in [6.07, 6.45) is 0.986. The minimum Gasteiger partial charge on any atom is -0.279 e. The minimum atomic E-state index is -0.708. The summed E-state index contributed by atoms with van der Waals surface area (Å²) in [5, 5.41) is 7.40. The molecule has 0 unspecified atom stereocenters. The number of nitriles is 1. The van der Waals surface area contributed by atoms with Crippen LogP contribution in [-0.4, -0.2) is 4.80 Å². The van der Waals surface area contributed by atoms with Gasteiger partial charge < -0.3 is 0 Å². The Kier molecular flexibility index (Phi) is 2.46. The van der Waals surface area contributed by atoms with Crippen molar-refractivity contribution >= 4 is 11.8 Å². The first kappa shape index (κ1) is 5.47. The van der Waals surface area contributed by atoms with Crippen LogP contribution in [0.15, 0.2) is 0 Å². The summed E-state index contributed by atoms with van der Waals surface area (Å²) in [5.74, 6) is 0. The second-order valence-corrected chi connectivity index (χ2v) is 0.650. The van der Waals surface area contributed by atoms with Crippen LogP contribution in [0.2, 0.25) is 0 Å². The van der Waals surface area contributed by atoms with Crippen LogP contribution in [0, 0.1) is 11.5 Å². The van der Waals surface area contributed by atoms with Gasteiger partial charge in [0.15, 0.2) is 0 Å². The Balaban J connectivity index is 2.88. The van der Waals surface area contributed by atoms with Crippen molar-refractivity contribution in [1.82, 2.24) is 4.80 Å². The van der Waals surface area contributed by atoms with Gasteiger partial charge in [0, 0.05) is 0 Å². The smallest absolute Gasteiger partial charge is 0.279 e. The molecule has 0 aromatic heterocycles. The summed E-state index contributed by atoms with van der Waals surface area (Å²) in [6, 6.07) is 0. The predicted octanol–water partition coefficient (Wildman–Crippen LogP) is 0.739. The van der Waals surface area contributed by atoms with Crippen molar-refractivity contribution in [2.24, 2.45) is 0 Å². The molecule has 3 nitrogen and oxygen atoms in total. The molecule has 0 heterocycles. The fourth-order valence-electron chi connectivity index (χ4n) is 0.0309. The Labute approximate surface area is 38.5 Å². The van der Waals surface area contributed by atoms with Crippen LogP contribution in [-0.2, 0) is 4.84 Å². The second-order valence-electron chi connectivity index (χ2n) is 0.384. The van der Waals surface area contributed by atoms with E-state index in [1.54, 1.807) is 0 Å². The van der Waals surface area contributed by atoms with E-state index < -0.39 is 4.80 Å². The number of hydrogen-bond acceptors (Lipinski definition) is 3. The highest BCUT2D eigenvalue weighted by Crippen LogP contribution is 1.90. The van der Waals surface area contributed by atoms with Crippen molar-refractivity contribution in [3.05, 3.63) is 0 Å². The third kappa shape index (κ3) is 3.47. The lowest BCUT2D eigenvalue weighted by Gasteiger charge is -1.87. The van der Waals surface area contributed by atoms with Gasteiger partial charge in [-0.1, -0.05) is 4.48 Å². The number of hydrogen-bond donors (Lipinski definition) is 0. The molecule has 5 heteroatoms. The van der Waals surface area contributed by atoms with E-state index in [-0.39, 0.29) is 0 Å². The Hall–Kier alpha value is -0.530. The third-order valence-electron chi connectivity index (χ3n) is 0.110. The summed E-state index contributed by atoms with van der Waals surface area (Å²) in [7, 11) is 0. The Morgan fingerprint density at radius 1 is 2.00 bits per heavy atom. The second kappa shape index (κ2) is 2.69. The van der Waals surface area contributed by atoms with Crippen LogP contribution < -0.4 is 0 Å². The molecule has 0 spiro atoms. The molecule has 0 radical (unpaired) electrons. The lowest BCUT2D eigenvalue weighted by atomic mass is 11.6. The van der Waals surface area contributed by atoms with Gasteiger partial charge in [0.1, 0.15) is 4.80 Å². The van der Waals surface area contributed by atoms with Crippen molar-refractivity contribution < 1.29 is 9.32 Å². The monoisotopic (exact) mass is 110 g/mol. The molecule has 0 rings (SSSR count). The molecule has 0 aromatic rings. The third-order valence-corrected chi connectivity index (χ3v) is 0.179. The molecule has 34 valence electrons. The predicted molar refractivity (Wildman–Crippen MR) is 15.5 cm³/mol. The van der Waals surface area contributed by atoms with Crippen molar-refractivity contribution in [2.45, 2.75) is 0 Å². The van der Waals surface area contributed by atoms with E-state index in [0.717, 1.165) is 6.26 Å². The van der Waals surface area contributed by atoms with Crippen LogP contribution in [0.5, 0.6) is 0 Å². The van der Waals surface area contributed by atoms with Gasteiger partial charge in [-0.3, -0.25) is 4.84 Å². The largest absolute Gasteiger partial charge is 0.311 e. The quantitative estimate of drug-likeness (QED) is 0.284. The molecule has 0 aliphatic carbocycles. The summed E-state index contributed by atoms with van der Waals surface area (Å²) in [5.41, 5.74) is 0. The van der Waals surface area contributed by atoms with Gasteiger partial charge in [-0.2, -0.15) is 0 Å². The van der Waals surface area contributed by atoms with Crippen molar-refractivity contribution in [2.75, 3.05) is 0 Å². The van der Waals surface area contributed by atoms with Crippen molar-refractivity contribution in [3.8, 4) is 6.26 Å². The van der Waals surface area contributed by atoms with Gasteiger partial charge in [0.25, 0.3) is 0 Å². The highest BCUT2D eigenvalue weighted by Gasteiger charge is 1.88. The van der Waals surface area contributed by atoms with Gasteiger partial charge in [-0.25, -0.2) is 0 Å².